The zero-order valence-electron chi connectivity index (χ0n) is 9.82. The van der Waals surface area contributed by atoms with Crippen molar-refractivity contribution in [2.75, 3.05) is 20.3 Å². The smallest absolute Gasteiger partial charge is 0.224 e. The van der Waals surface area contributed by atoms with Gasteiger partial charge in [-0.25, -0.2) is 0 Å². The molecule has 1 aliphatic rings. The van der Waals surface area contributed by atoms with Gasteiger partial charge < -0.3 is 20.9 Å². The number of aliphatic hydroxyl groups is 1. The number of nitrogens with two attached hydrogens (primary N) is 1. The molecule has 0 saturated heterocycles. The Morgan fingerprint density at radius 1 is 1.62 bits per heavy atom. The predicted octanol–water partition coefficient (Wildman–Crippen LogP) is -0.373. The Kier molecular flexibility index (Phi) is 5.73. The van der Waals surface area contributed by atoms with Gasteiger partial charge in [0, 0.05) is 19.8 Å². The quantitative estimate of drug-likeness (QED) is 0.581. The van der Waals surface area contributed by atoms with Crippen LogP contribution in [-0.4, -0.2) is 43.4 Å². The van der Waals surface area contributed by atoms with Crippen molar-refractivity contribution in [2.24, 2.45) is 11.7 Å². The lowest BCUT2D eigenvalue weighted by atomic mass is 10.0. The van der Waals surface area contributed by atoms with Gasteiger partial charge >= 0.3 is 0 Å². The third-order valence-electron chi connectivity index (χ3n) is 3.10. The molecule has 1 fully saturated rings. The maximum atomic E-state index is 11.9. The van der Waals surface area contributed by atoms with E-state index in [0.717, 1.165) is 19.3 Å². The summed E-state index contributed by atoms with van der Waals surface area (Å²) >= 11 is 0. The number of rotatable bonds is 6. The number of carbonyl (C=O) groups is 1. The molecule has 5 heteroatoms. The van der Waals surface area contributed by atoms with E-state index in [4.69, 9.17) is 15.6 Å². The molecule has 1 amide bonds. The second-order valence-corrected chi connectivity index (χ2v) is 4.37. The maximum absolute atomic E-state index is 11.9. The summed E-state index contributed by atoms with van der Waals surface area (Å²) < 4.78 is 4.99. The summed E-state index contributed by atoms with van der Waals surface area (Å²) in [5.41, 5.74) is 5.86. The van der Waals surface area contributed by atoms with Gasteiger partial charge in [0.15, 0.2) is 0 Å². The fraction of sp³-hybridized carbons (Fsp3) is 0.909. The van der Waals surface area contributed by atoms with Crippen molar-refractivity contribution in [3.05, 3.63) is 0 Å². The molecular weight excluding hydrogens is 208 g/mol. The van der Waals surface area contributed by atoms with Crippen LogP contribution in [0.1, 0.15) is 25.7 Å². The van der Waals surface area contributed by atoms with Crippen LogP contribution in [0.5, 0.6) is 0 Å². The molecule has 3 atom stereocenters. The lowest BCUT2D eigenvalue weighted by Gasteiger charge is -2.21. The molecule has 0 heterocycles. The highest BCUT2D eigenvalue weighted by atomic mass is 16.5. The second kappa shape index (κ2) is 6.83. The van der Waals surface area contributed by atoms with Crippen LogP contribution in [-0.2, 0) is 9.53 Å². The van der Waals surface area contributed by atoms with E-state index in [1.807, 2.05) is 0 Å². The first-order valence-corrected chi connectivity index (χ1v) is 5.84. The molecule has 0 aromatic heterocycles. The molecule has 0 radical (unpaired) electrons. The fourth-order valence-corrected chi connectivity index (χ4v) is 2.18. The van der Waals surface area contributed by atoms with Crippen molar-refractivity contribution < 1.29 is 14.6 Å². The number of ether oxygens (including phenoxy) is 1. The van der Waals surface area contributed by atoms with Crippen LogP contribution in [0.25, 0.3) is 0 Å². The number of hydrogen-bond acceptors (Lipinski definition) is 4. The molecule has 0 spiro atoms. The van der Waals surface area contributed by atoms with Crippen molar-refractivity contribution in [3.8, 4) is 0 Å². The van der Waals surface area contributed by atoms with Crippen LogP contribution in [0, 0.1) is 5.92 Å². The Balaban J connectivity index is 2.40. The Morgan fingerprint density at radius 2 is 2.38 bits per heavy atom. The van der Waals surface area contributed by atoms with Crippen molar-refractivity contribution in [2.45, 2.75) is 37.8 Å². The minimum absolute atomic E-state index is 0.000463. The van der Waals surface area contributed by atoms with Gasteiger partial charge in [0.2, 0.25) is 5.91 Å². The normalized spacial score (nSPS) is 26.7. The molecule has 1 aliphatic carbocycles. The number of nitrogens with one attached hydrogen (secondary N) is 1. The van der Waals surface area contributed by atoms with Gasteiger partial charge in [0.1, 0.15) is 0 Å². The summed E-state index contributed by atoms with van der Waals surface area (Å²) in [6.07, 6.45) is 3.33. The van der Waals surface area contributed by atoms with E-state index in [1.54, 1.807) is 7.11 Å². The van der Waals surface area contributed by atoms with E-state index in [1.165, 1.54) is 0 Å². The maximum Gasteiger partial charge on any atom is 0.224 e. The average Bonchev–Trinajstić information content (AvgIpc) is 2.65. The van der Waals surface area contributed by atoms with Crippen LogP contribution in [0.15, 0.2) is 0 Å². The minimum Gasteiger partial charge on any atom is -0.396 e. The number of hydrogen-bond donors (Lipinski definition) is 3. The van der Waals surface area contributed by atoms with Crippen LogP contribution in [0.2, 0.25) is 0 Å². The first-order valence-electron chi connectivity index (χ1n) is 5.84. The average molecular weight is 230 g/mol. The molecule has 1 saturated carbocycles. The summed E-state index contributed by atoms with van der Waals surface area (Å²) in [6.45, 7) is 0.472. The van der Waals surface area contributed by atoms with E-state index in [2.05, 4.69) is 5.32 Å². The number of aliphatic hydroxyl groups excluding tert-OH is 1. The third-order valence-corrected chi connectivity index (χ3v) is 3.10. The first kappa shape index (κ1) is 13.4. The molecule has 16 heavy (non-hydrogen) atoms. The fourth-order valence-electron chi connectivity index (χ4n) is 2.18. The Labute approximate surface area is 96.3 Å². The minimum atomic E-state index is -0.115. The highest BCUT2D eigenvalue weighted by Crippen LogP contribution is 2.24. The molecule has 0 aromatic carbocycles. The molecule has 0 aliphatic heterocycles. The van der Waals surface area contributed by atoms with Gasteiger partial charge in [0.05, 0.1) is 18.6 Å². The van der Waals surface area contributed by atoms with Crippen molar-refractivity contribution in [1.82, 2.24) is 5.32 Å². The molecule has 0 aromatic rings. The molecule has 0 bridgehead atoms. The second-order valence-electron chi connectivity index (χ2n) is 4.37. The van der Waals surface area contributed by atoms with Gasteiger partial charge in [-0.3, -0.25) is 4.79 Å². The van der Waals surface area contributed by atoms with E-state index in [0.29, 0.717) is 13.0 Å². The lowest BCUT2D eigenvalue weighted by molar-refractivity contribution is -0.126. The highest BCUT2D eigenvalue weighted by Gasteiger charge is 2.31. The van der Waals surface area contributed by atoms with E-state index in [9.17, 15) is 4.79 Å². The summed E-state index contributed by atoms with van der Waals surface area (Å²) in [4.78, 5) is 11.9. The van der Waals surface area contributed by atoms with Crippen LogP contribution < -0.4 is 11.1 Å². The van der Waals surface area contributed by atoms with Gasteiger partial charge in [-0.2, -0.15) is 0 Å². The summed E-state index contributed by atoms with van der Waals surface area (Å²) in [6, 6.07) is -0.132. The topological polar surface area (TPSA) is 84.6 Å². The van der Waals surface area contributed by atoms with E-state index >= 15 is 0 Å². The van der Waals surface area contributed by atoms with Crippen molar-refractivity contribution in [3.63, 3.8) is 0 Å². The number of carbonyl (C=O) groups excluding carboxylic acids is 1. The lowest BCUT2D eigenvalue weighted by Crippen LogP contribution is -2.45. The van der Waals surface area contributed by atoms with E-state index in [-0.39, 0.29) is 30.5 Å². The van der Waals surface area contributed by atoms with Crippen molar-refractivity contribution in [1.29, 1.82) is 0 Å². The number of methoxy groups -OCH3 is 1. The summed E-state index contributed by atoms with van der Waals surface area (Å²) in [7, 11) is 1.58. The predicted molar refractivity (Wildman–Crippen MR) is 60.8 cm³/mol. The Morgan fingerprint density at radius 3 is 2.88 bits per heavy atom. The van der Waals surface area contributed by atoms with Crippen LogP contribution >= 0.6 is 0 Å². The van der Waals surface area contributed by atoms with Crippen LogP contribution in [0.3, 0.4) is 0 Å². The number of amides is 1. The standard InChI is InChI=1S/C11H22N2O3/c1-16-7-8(5-6-14)13-11(15)9-3-2-4-10(9)12/h8-10,14H,2-7,12H2,1H3,(H,13,15). The van der Waals surface area contributed by atoms with Gasteiger partial charge in [-0.1, -0.05) is 6.42 Å². The van der Waals surface area contributed by atoms with Gasteiger partial charge in [0.25, 0.3) is 0 Å². The summed E-state index contributed by atoms with van der Waals surface area (Å²) in [5, 5.41) is 11.7. The first-order chi connectivity index (χ1) is 7.69. The van der Waals surface area contributed by atoms with Gasteiger partial charge in [-0.05, 0) is 19.3 Å². The monoisotopic (exact) mass is 230 g/mol. The highest BCUT2D eigenvalue weighted by molar-refractivity contribution is 5.80. The van der Waals surface area contributed by atoms with Crippen LogP contribution in [0.4, 0.5) is 0 Å². The Bertz CT molecular complexity index is 217. The molecule has 5 nitrogen and oxygen atoms in total. The third kappa shape index (κ3) is 3.73. The van der Waals surface area contributed by atoms with E-state index < -0.39 is 0 Å². The molecule has 4 N–H and O–H groups in total. The molecular formula is C11H22N2O3. The molecule has 94 valence electrons. The molecule has 3 unspecified atom stereocenters. The largest absolute Gasteiger partial charge is 0.396 e. The Hall–Kier alpha value is -0.650. The molecule has 1 rings (SSSR count). The van der Waals surface area contributed by atoms with Gasteiger partial charge in [-0.15, -0.1) is 0 Å². The van der Waals surface area contributed by atoms with Crippen molar-refractivity contribution >= 4 is 5.91 Å². The summed E-state index contributed by atoms with van der Waals surface area (Å²) in [5.74, 6) is -0.0708. The SMILES string of the molecule is COCC(CCO)NC(=O)C1CCCC1N. The zero-order chi connectivity index (χ0) is 12.0. The zero-order valence-corrected chi connectivity index (χ0v) is 9.82.